The molecule has 0 spiro atoms. The zero-order chi connectivity index (χ0) is 18.3. The highest BCUT2D eigenvalue weighted by Crippen LogP contribution is 2.15. The van der Waals surface area contributed by atoms with E-state index < -0.39 is 0 Å². The van der Waals surface area contributed by atoms with Crippen molar-refractivity contribution in [3.63, 3.8) is 0 Å². The molecule has 0 bridgehead atoms. The molecule has 130 valence electrons. The zero-order valence-corrected chi connectivity index (χ0v) is 15.4. The van der Waals surface area contributed by atoms with Crippen molar-refractivity contribution in [1.82, 2.24) is 14.5 Å². The molecule has 0 amide bonds. The number of fused-ring (bicyclic) bond motifs is 1. The van der Waals surface area contributed by atoms with Crippen LogP contribution in [0.4, 0.5) is 0 Å². The maximum absolute atomic E-state index is 12.1. The monoisotopic (exact) mass is 328 g/mol. The van der Waals surface area contributed by atoms with Crippen LogP contribution in [0.1, 0.15) is 51.9 Å². The van der Waals surface area contributed by atoms with Crippen LogP contribution in [0.15, 0.2) is 41.3 Å². The number of H-pyrrole nitrogens is 1. The van der Waals surface area contributed by atoms with Gasteiger partial charge in [-0.2, -0.15) is 4.98 Å². The van der Waals surface area contributed by atoms with E-state index in [-0.39, 0.29) is 11.7 Å². The number of hydrogen-bond donors (Lipinski definition) is 2. The summed E-state index contributed by atoms with van der Waals surface area (Å²) in [6.07, 6.45) is 1.80. The number of benzene rings is 1. The van der Waals surface area contributed by atoms with Crippen molar-refractivity contribution >= 4 is 11.0 Å². The second-order valence-corrected chi connectivity index (χ2v) is 5.03. The lowest BCUT2D eigenvalue weighted by Crippen LogP contribution is -2.20. The van der Waals surface area contributed by atoms with Crippen molar-refractivity contribution in [1.29, 1.82) is 0 Å². The Hall–Kier alpha value is -2.40. The standard InChI is InChI=1S/C15H16N4O.2C2H6/c1-9-7-12-8-19(15(20)18-14(12)17-9)13-5-3-11(4-6-13)10(2)16;2*1-2/h3-8,10H,16H2,1-2H3,(H,17,18,20);2*1-2H3. The van der Waals surface area contributed by atoms with E-state index in [0.717, 1.165) is 22.3 Å². The Morgan fingerprint density at radius 2 is 1.71 bits per heavy atom. The summed E-state index contributed by atoms with van der Waals surface area (Å²) in [5.41, 5.74) is 8.95. The molecule has 1 aromatic carbocycles. The van der Waals surface area contributed by atoms with Crippen LogP contribution in [0.3, 0.4) is 0 Å². The van der Waals surface area contributed by atoms with Gasteiger partial charge in [0, 0.05) is 23.3 Å². The normalized spacial score (nSPS) is 11.1. The topological polar surface area (TPSA) is 76.7 Å². The van der Waals surface area contributed by atoms with Gasteiger partial charge in [0.2, 0.25) is 0 Å². The Bertz CT molecular complexity index is 813. The molecule has 0 saturated carbocycles. The van der Waals surface area contributed by atoms with Gasteiger partial charge in [-0.3, -0.25) is 4.57 Å². The molecule has 0 radical (unpaired) electrons. The van der Waals surface area contributed by atoms with Gasteiger partial charge in [0.15, 0.2) is 0 Å². The van der Waals surface area contributed by atoms with Crippen molar-refractivity contribution in [3.8, 4) is 5.69 Å². The van der Waals surface area contributed by atoms with Crippen molar-refractivity contribution in [3.05, 3.63) is 58.3 Å². The van der Waals surface area contributed by atoms with Crippen LogP contribution in [0.2, 0.25) is 0 Å². The molecular weight excluding hydrogens is 300 g/mol. The van der Waals surface area contributed by atoms with Crippen LogP contribution in [-0.4, -0.2) is 14.5 Å². The van der Waals surface area contributed by atoms with Gasteiger partial charge in [0.1, 0.15) is 5.65 Å². The number of aromatic nitrogens is 3. The zero-order valence-electron chi connectivity index (χ0n) is 15.4. The fourth-order valence-corrected chi connectivity index (χ4v) is 2.25. The first-order valence-electron chi connectivity index (χ1n) is 8.49. The molecule has 24 heavy (non-hydrogen) atoms. The molecule has 3 aromatic rings. The van der Waals surface area contributed by atoms with Gasteiger partial charge >= 0.3 is 5.69 Å². The number of hydrogen-bond acceptors (Lipinski definition) is 3. The molecule has 3 rings (SSSR count). The van der Waals surface area contributed by atoms with Gasteiger partial charge in [-0.1, -0.05) is 39.8 Å². The number of rotatable bonds is 2. The van der Waals surface area contributed by atoms with Crippen molar-refractivity contribution in [2.75, 3.05) is 0 Å². The molecule has 2 heterocycles. The van der Waals surface area contributed by atoms with E-state index in [1.807, 2.05) is 71.9 Å². The SMILES string of the molecule is CC.CC.Cc1cc2cn(-c3ccc(C(C)N)cc3)c(=O)nc2[nH]1. The lowest BCUT2D eigenvalue weighted by atomic mass is 10.1. The van der Waals surface area contributed by atoms with Gasteiger partial charge in [0.25, 0.3) is 0 Å². The Balaban J connectivity index is 0.000000671. The summed E-state index contributed by atoms with van der Waals surface area (Å²) in [4.78, 5) is 19.2. The van der Waals surface area contributed by atoms with E-state index in [1.54, 1.807) is 10.8 Å². The van der Waals surface area contributed by atoms with Gasteiger partial charge in [-0.25, -0.2) is 4.79 Å². The molecule has 0 aliphatic rings. The molecule has 0 fully saturated rings. The van der Waals surface area contributed by atoms with Crippen LogP contribution in [0, 0.1) is 6.92 Å². The van der Waals surface area contributed by atoms with E-state index in [2.05, 4.69) is 9.97 Å². The van der Waals surface area contributed by atoms with Gasteiger partial charge < -0.3 is 10.7 Å². The highest BCUT2D eigenvalue weighted by atomic mass is 16.1. The van der Waals surface area contributed by atoms with Crippen molar-refractivity contribution < 1.29 is 0 Å². The summed E-state index contributed by atoms with van der Waals surface area (Å²) in [6.45, 7) is 11.9. The van der Waals surface area contributed by atoms with E-state index in [1.165, 1.54) is 0 Å². The predicted molar refractivity (Wildman–Crippen MR) is 102 cm³/mol. The maximum Gasteiger partial charge on any atom is 0.354 e. The number of nitrogens with one attached hydrogen (secondary N) is 1. The largest absolute Gasteiger partial charge is 0.354 e. The summed E-state index contributed by atoms with van der Waals surface area (Å²) < 4.78 is 1.54. The minimum absolute atomic E-state index is 0.0197. The molecule has 0 aliphatic heterocycles. The minimum Gasteiger partial charge on any atom is -0.343 e. The third kappa shape index (κ3) is 4.32. The predicted octanol–water partition coefficient (Wildman–Crippen LogP) is 4.09. The average Bonchev–Trinajstić information content (AvgIpc) is 2.96. The minimum atomic E-state index is -0.298. The van der Waals surface area contributed by atoms with Crippen LogP contribution >= 0.6 is 0 Å². The number of aryl methyl sites for hydroxylation is 1. The van der Waals surface area contributed by atoms with Crippen LogP contribution in [0.25, 0.3) is 16.7 Å². The molecule has 5 nitrogen and oxygen atoms in total. The van der Waals surface area contributed by atoms with Crippen molar-refractivity contribution in [2.45, 2.75) is 47.6 Å². The van der Waals surface area contributed by atoms with Crippen LogP contribution < -0.4 is 11.4 Å². The number of nitrogens with two attached hydrogens (primary N) is 1. The first kappa shape index (κ1) is 19.6. The molecule has 1 atom stereocenters. The summed E-state index contributed by atoms with van der Waals surface area (Å²) in [5.74, 6) is 0. The van der Waals surface area contributed by atoms with E-state index >= 15 is 0 Å². The fraction of sp³-hybridized carbons (Fsp3) is 0.368. The van der Waals surface area contributed by atoms with Gasteiger partial charge in [-0.05, 0) is 37.6 Å². The number of aromatic amines is 1. The average molecular weight is 328 g/mol. The molecule has 0 aliphatic carbocycles. The lowest BCUT2D eigenvalue weighted by molar-refractivity contribution is 0.816. The smallest absolute Gasteiger partial charge is 0.343 e. The summed E-state index contributed by atoms with van der Waals surface area (Å²) in [6, 6.07) is 9.57. The van der Waals surface area contributed by atoms with Crippen molar-refractivity contribution in [2.24, 2.45) is 5.73 Å². The third-order valence-corrected chi connectivity index (χ3v) is 3.34. The first-order chi connectivity index (χ1) is 11.5. The second kappa shape index (κ2) is 9.03. The Morgan fingerprint density at radius 3 is 2.25 bits per heavy atom. The quantitative estimate of drug-likeness (QED) is 0.743. The lowest BCUT2D eigenvalue weighted by Gasteiger charge is -2.08. The van der Waals surface area contributed by atoms with E-state index in [4.69, 9.17) is 5.73 Å². The maximum atomic E-state index is 12.1. The molecule has 5 heteroatoms. The van der Waals surface area contributed by atoms with Crippen LogP contribution in [0.5, 0.6) is 0 Å². The van der Waals surface area contributed by atoms with E-state index in [0.29, 0.717) is 5.65 Å². The van der Waals surface area contributed by atoms with E-state index in [9.17, 15) is 4.79 Å². The summed E-state index contributed by atoms with van der Waals surface area (Å²) in [7, 11) is 0. The van der Waals surface area contributed by atoms with Gasteiger partial charge in [-0.15, -0.1) is 0 Å². The summed E-state index contributed by atoms with van der Waals surface area (Å²) >= 11 is 0. The van der Waals surface area contributed by atoms with Gasteiger partial charge in [0.05, 0.1) is 5.69 Å². The highest BCUT2D eigenvalue weighted by Gasteiger charge is 2.06. The molecule has 3 N–H and O–H groups in total. The number of nitrogens with zero attached hydrogens (tertiary/aromatic N) is 2. The first-order valence-corrected chi connectivity index (χ1v) is 8.49. The summed E-state index contributed by atoms with van der Waals surface area (Å²) in [5, 5.41) is 0.915. The third-order valence-electron chi connectivity index (χ3n) is 3.34. The molecular formula is C19H28N4O. The highest BCUT2D eigenvalue weighted by molar-refractivity contribution is 5.75. The Morgan fingerprint density at radius 1 is 1.12 bits per heavy atom. The second-order valence-electron chi connectivity index (χ2n) is 5.03. The Labute approximate surface area is 143 Å². The molecule has 1 unspecified atom stereocenters. The van der Waals surface area contributed by atoms with Crippen LogP contribution in [-0.2, 0) is 0 Å². The Kier molecular flexibility index (Phi) is 7.39. The molecule has 0 saturated heterocycles. The fourth-order valence-electron chi connectivity index (χ4n) is 2.25. The molecule has 2 aromatic heterocycles.